The zero-order valence-corrected chi connectivity index (χ0v) is 27.4. The van der Waals surface area contributed by atoms with Gasteiger partial charge in [-0.3, -0.25) is 9.59 Å². The average Bonchev–Trinajstić information content (AvgIpc) is 3.59. The van der Waals surface area contributed by atoms with Crippen molar-refractivity contribution in [1.29, 1.82) is 0 Å². The number of halogens is 2. The fraction of sp³-hybridized carbons (Fsp3) is 0.361. The Morgan fingerprint density at radius 3 is 2.26 bits per heavy atom. The second-order valence-corrected chi connectivity index (χ2v) is 12.3. The fourth-order valence-corrected chi connectivity index (χ4v) is 6.02. The minimum Gasteiger partial charge on any atom is -0.390 e. The van der Waals surface area contributed by atoms with E-state index in [0.29, 0.717) is 41.3 Å². The molecule has 0 aliphatic rings. The standard InChI is InChI=1S/C36H42F2N4O3S/c1-4-11-42(12-5-2)36(45)29-19-27(18-28(20-29)35-40-10-13-46-35)34(44)41-32(17-26-15-30(37)21-31(38)16-26)33(43)23-39-22-25-9-7-8-24(6-3)14-25/h7-10,13-16,18-21,32-33,39,43H,4-6,11-12,17,22-23H2,1-3H3,(H,41,44)/t32-,33+/m0/s1. The first kappa shape index (κ1) is 34.9. The van der Waals surface area contributed by atoms with Gasteiger partial charge in [0.2, 0.25) is 0 Å². The van der Waals surface area contributed by atoms with Crippen LogP contribution in [0.4, 0.5) is 8.78 Å². The van der Waals surface area contributed by atoms with Gasteiger partial charge in [0.1, 0.15) is 16.6 Å². The SMILES string of the molecule is CCCN(CCC)C(=O)c1cc(C(=O)N[C@@H](Cc2cc(F)cc(F)c2)[C@H](O)CNCc2cccc(CC)c2)cc(-c2nccs2)c1. The van der Waals surface area contributed by atoms with E-state index in [1.807, 2.05) is 31.4 Å². The molecule has 1 heterocycles. The molecule has 0 saturated carbocycles. The van der Waals surface area contributed by atoms with Crippen LogP contribution >= 0.6 is 11.3 Å². The third-order valence-electron chi connectivity index (χ3n) is 7.64. The minimum absolute atomic E-state index is 0.0205. The molecule has 0 fully saturated rings. The van der Waals surface area contributed by atoms with E-state index >= 15 is 0 Å². The summed E-state index contributed by atoms with van der Waals surface area (Å²) in [4.78, 5) is 33.6. The molecule has 0 aliphatic carbocycles. The number of carbonyl (C=O) groups excluding carboxylic acids is 2. The fourth-order valence-electron chi connectivity index (χ4n) is 5.39. The number of benzene rings is 3. The van der Waals surface area contributed by atoms with Crippen LogP contribution in [0.1, 0.15) is 71.0 Å². The molecule has 2 atom stereocenters. The van der Waals surface area contributed by atoms with Crippen molar-refractivity contribution < 1.29 is 23.5 Å². The highest BCUT2D eigenvalue weighted by Crippen LogP contribution is 2.26. The molecule has 0 radical (unpaired) electrons. The van der Waals surface area contributed by atoms with Crippen molar-refractivity contribution in [3.63, 3.8) is 0 Å². The van der Waals surface area contributed by atoms with Crippen molar-refractivity contribution in [2.75, 3.05) is 19.6 Å². The van der Waals surface area contributed by atoms with Crippen LogP contribution in [-0.4, -0.2) is 58.6 Å². The summed E-state index contributed by atoms with van der Waals surface area (Å²) in [6.45, 7) is 7.88. The maximum atomic E-state index is 14.1. The van der Waals surface area contributed by atoms with E-state index in [2.05, 4.69) is 34.7 Å². The molecular formula is C36H42F2N4O3S. The molecule has 2 amide bonds. The van der Waals surface area contributed by atoms with Gasteiger partial charge in [0.15, 0.2) is 0 Å². The molecule has 10 heteroatoms. The molecular weight excluding hydrogens is 606 g/mol. The smallest absolute Gasteiger partial charge is 0.253 e. The predicted octanol–water partition coefficient (Wildman–Crippen LogP) is 6.40. The van der Waals surface area contributed by atoms with Crippen molar-refractivity contribution in [2.24, 2.45) is 0 Å². The Bertz CT molecular complexity index is 1570. The van der Waals surface area contributed by atoms with Crippen molar-refractivity contribution in [3.8, 4) is 10.6 Å². The van der Waals surface area contributed by atoms with Crippen LogP contribution in [0.2, 0.25) is 0 Å². The molecule has 4 aromatic rings. The van der Waals surface area contributed by atoms with E-state index in [1.165, 1.54) is 29.0 Å². The van der Waals surface area contributed by atoms with Crippen LogP contribution in [0.25, 0.3) is 10.6 Å². The Hall–Kier alpha value is -3.99. The number of aryl methyl sites for hydroxylation is 1. The monoisotopic (exact) mass is 648 g/mol. The lowest BCUT2D eigenvalue weighted by molar-refractivity contribution is 0.0755. The van der Waals surface area contributed by atoms with Crippen molar-refractivity contribution in [1.82, 2.24) is 20.5 Å². The topological polar surface area (TPSA) is 94.6 Å². The summed E-state index contributed by atoms with van der Waals surface area (Å²) in [7, 11) is 0. The van der Waals surface area contributed by atoms with E-state index in [4.69, 9.17) is 0 Å². The third kappa shape index (κ3) is 9.75. The van der Waals surface area contributed by atoms with Gasteiger partial charge in [-0.1, -0.05) is 45.0 Å². The quantitative estimate of drug-likeness (QED) is 0.131. The lowest BCUT2D eigenvalue weighted by atomic mass is 9.99. The third-order valence-corrected chi connectivity index (χ3v) is 8.46. The molecule has 244 valence electrons. The number of amides is 2. The summed E-state index contributed by atoms with van der Waals surface area (Å²) in [6, 6.07) is 15.3. The highest BCUT2D eigenvalue weighted by Gasteiger charge is 2.25. The molecule has 0 saturated heterocycles. The summed E-state index contributed by atoms with van der Waals surface area (Å²) >= 11 is 1.39. The van der Waals surface area contributed by atoms with Gasteiger partial charge in [0.05, 0.1) is 12.1 Å². The van der Waals surface area contributed by atoms with Crippen LogP contribution in [0.3, 0.4) is 0 Å². The van der Waals surface area contributed by atoms with Gasteiger partial charge in [-0.2, -0.15) is 0 Å². The molecule has 3 aromatic carbocycles. The Morgan fingerprint density at radius 2 is 1.61 bits per heavy atom. The molecule has 0 bridgehead atoms. The molecule has 7 nitrogen and oxygen atoms in total. The van der Waals surface area contributed by atoms with Crippen LogP contribution in [0, 0.1) is 11.6 Å². The highest BCUT2D eigenvalue weighted by molar-refractivity contribution is 7.13. The largest absolute Gasteiger partial charge is 0.390 e. The van der Waals surface area contributed by atoms with Gasteiger partial charge in [-0.25, -0.2) is 13.8 Å². The van der Waals surface area contributed by atoms with E-state index in [-0.39, 0.29) is 24.4 Å². The van der Waals surface area contributed by atoms with Crippen LogP contribution < -0.4 is 10.6 Å². The van der Waals surface area contributed by atoms with Crippen molar-refractivity contribution in [3.05, 3.63) is 112 Å². The zero-order valence-electron chi connectivity index (χ0n) is 26.6. The second-order valence-electron chi connectivity index (χ2n) is 11.4. The maximum absolute atomic E-state index is 14.1. The number of aliphatic hydroxyl groups excluding tert-OH is 1. The molecule has 3 N–H and O–H groups in total. The summed E-state index contributed by atoms with van der Waals surface area (Å²) in [5, 5.41) is 19.9. The Morgan fingerprint density at radius 1 is 0.913 bits per heavy atom. The first-order chi connectivity index (χ1) is 22.2. The molecule has 1 aromatic heterocycles. The summed E-state index contributed by atoms with van der Waals surface area (Å²) < 4.78 is 28.2. The second kappa shape index (κ2) is 17.1. The van der Waals surface area contributed by atoms with E-state index in [0.717, 1.165) is 30.9 Å². The van der Waals surface area contributed by atoms with E-state index in [9.17, 15) is 23.5 Å². The number of hydrogen-bond donors (Lipinski definition) is 3. The number of aromatic nitrogens is 1. The van der Waals surface area contributed by atoms with E-state index in [1.54, 1.807) is 29.3 Å². The first-order valence-corrected chi connectivity index (χ1v) is 16.6. The summed E-state index contributed by atoms with van der Waals surface area (Å²) in [6.07, 6.45) is 3.03. The lowest BCUT2D eigenvalue weighted by Crippen LogP contribution is -2.48. The molecule has 0 spiro atoms. The number of nitrogens with one attached hydrogen (secondary N) is 2. The van der Waals surface area contributed by atoms with Gasteiger partial charge >= 0.3 is 0 Å². The number of carbonyl (C=O) groups is 2. The number of rotatable bonds is 16. The van der Waals surface area contributed by atoms with Gasteiger partial charge < -0.3 is 20.6 Å². The molecule has 0 aliphatic heterocycles. The summed E-state index contributed by atoms with van der Waals surface area (Å²) in [5.74, 6) is -2.20. The Kier molecular flexibility index (Phi) is 12.9. The Balaban J connectivity index is 1.60. The van der Waals surface area contributed by atoms with Crippen LogP contribution in [-0.2, 0) is 19.4 Å². The highest BCUT2D eigenvalue weighted by atomic mass is 32.1. The Labute approximate surface area is 273 Å². The minimum atomic E-state index is -1.10. The first-order valence-electron chi connectivity index (χ1n) is 15.8. The van der Waals surface area contributed by atoms with Crippen molar-refractivity contribution in [2.45, 2.75) is 65.1 Å². The van der Waals surface area contributed by atoms with Gasteiger partial charge in [-0.05, 0) is 72.7 Å². The van der Waals surface area contributed by atoms with Crippen LogP contribution in [0.5, 0.6) is 0 Å². The van der Waals surface area contributed by atoms with Gasteiger partial charge in [-0.15, -0.1) is 11.3 Å². The lowest BCUT2D eigenvalue weighted by Gasteiger charge is -2.25. The number of nitrogens with zero attached hydrogens (tertiary/aromatic N) is 2. The van der Waals surface area contributed by atoms with Crippen LogP contribution in [0.15, 0.2) is 72.2 Å². The molecule has 0 unspecified atom stereocenters. The predicted molar refractivity (Wildman–Crippen MR) is 179 cm³/mol. The number of hydrogen-bond acceptors (Lipinski definition) is 6. The number of thiazole rings is 1. The van der Waals surface area contributed by atoms with E-state index < -0.39 is 29.7 Å². The zero-order chi connectivity index (χ0) is 33.1. The maximum Gasteiger partial charge on any atom is 0.253 e. The van der Waals surface area contributed by atoms with Gasteiger partial charge in [0.25, 0.3) is 11.8 Å². The molecule has 46 heavy (non-hydrogen) atoms. The normalized spacial score (nSPS) is 12.5. The molecule has 4 rings (SSSR count). The summed E-state index contributed by atoms with van der Waals surface area (Å²) in [5.41, 5.74) is 3.74. The number of aliphatic hydroxyl groups is 1. The average molecular weight is 649 g/mol. The van der Waals surface area contributed by atoms with Crippen molar-refractivity contribution >= 4 is 23.2 Å². The van der Waals surface area contributed by atoms with Gasteiger partial charge in [0, 0.05) is 60.5 Å².